The molecule has 6 heteroatoms. The fourth-order valence-electron chi connectivity index (χ4n) is 1.50. The lowest BCUT2D eigenvalue weighted by atomic mass is 10.1. The number of aliphatic hydroxyl groups is 1. The molecule has 1 heterocycles. The number of aliphatic hydroxyl groups excluding tert-OH is 1. The van der Waals surface area contributed by atoms with Crippen molar-refractivity contribution < 1.29 is 23.8 Å². The summed E-state index contributed by atoms with van der Waals surface area (Å²) in [4.78, 5) is 10.6. The van der Waals surface area contributed by atoms with Crippen molar-refractivity contribution in [1.82, 2.24) is 0 Å². The van der Waals surface area contributed by atoms with Gasteiger partial charge in [0.1, 0.15) is 17.7 Å². The van der Waals surface area contributed by atoms with Gasteiger partial charge in [-0.1, -0.05) is 12.1 Å². The van der Waals surface area contributed by atoms with E-state index in [1.807, 2.05) is 0 Å². The van der Waals surface area contributed by atoms with Crippen molar-refractivity contribution in [2.24, 2.45) is 0 Å². The van der Waals surface area contributed by atoms with Crippen LogP contribution in [0.1, 0.15) is 28.0 Å². The minimum absolute atomic E-state index is 0.00987. The van der Waals surface area contributed by atoms with Crippen LogP contribution < -0.4 is 0 Å². The van der Waals surface area contributed by atoms with E-state index < -0.39 is 17.9 Å². The van der Waals surface area contributed by atoms with Crippen molar-refractivity contribution in [1.29, 1.82) is 0 Å². The van der Waals surface area contributed by atoms with E-state index in [0.29, 0.717) is 0 Å². The molecule has 18 heavy (non-hydrogen) atoms. The summed E-state index contributed by atoms with van der Waals surface area (Å²) in [5.74, 6) is -2.19. The van der Waals surface area contributed by atoms with Crippen molar-refractivity contribution in [2.45, 2.75) is 6.10 Å². The highest BCUT2D eigenvalue weighted by atomic mass is 79.9. The SMILES string of the molecule is O=C(O)c1ccc(C(O)c2cccc(Br)c2F)o1. The Labute approximate surface area is 110 Å². The summed E-state index contributed by atoms with van der Waals surface area (Å²) >= 11 is 3.00. The molecule has 2 aromatic rings. The molecule has 0 radical (unpaired) electrons. The number of aromatic carboxylic acids is 1. The zero-order chi connectivity index (χ0) is 13.3. The van der Waals surface area contributed by atoms with Crippen LogP contribution in [0.2, 0.25) is 0 Å². The van der Waals surface area contributed by atoms with Gasteiger partial charge < -0.3 is 14.6 Å². The van der Waals surface area contributed by atoms with Crippen LogP contribution in [0.3, 0.4) is 0 Å². The van der Waals surface area contributed by atoms with E-state index in [4.69, 9.17) is 9.52 Å². The smallest absolute Gasteiger partial charge is 0.371 e. The van der Waals surface area contributed by atoms with Crippen LogP contribution in [0.25, 0.3) is 0 Å². The quantitative estimate of drug-likeness (QED) is 0.913. The Hall–Kier alpha value is -1.66. The Kier molecular flexibility index (Phi) is 3.49. The monoisotopic (exact) mass is 314 g/mol. The molecule has 0 fully saturated rings. The van der Waals surface area contributed by atoms with E-state index in [1.165, 1.54) is 24.3 Å². The predicted octanol–water partition coefficient (Wildman–Crippen LogP) is 2.96. The fourth-order valence-corrected chi connectivity index (χ4v) is 1.88. The summed E-state index contributed by atoms with van der Waals surface area (Å²) in [7, 11) is 0. The molecule has 1 atom stereocenters. The lowest BCUT2D eigenvalue weighted by Crippen LogP contribution is -2.02. The van der Waals surface area contributed by atoms with Crippen LogP contribution in [0, 0.1) is 5.82 Å². The van der Waals surface area contributed by atoms with Gasteiger partial charge in [-0.2, -0.15) is 0 Å². The van der Waals surface area contributed by atoms with Gasteiger partial charge in [0.25, 0.3) is 0 Å². The number of carboxylic acid groups (broad SMARTS) is 1. The Morgan fingerprint density at radius 3 is 2.67 bits per heavy atom. The number of benzene rings is 1. The Bertz CT molecular complexity index is 594. The molecule has 0 aliphatic heterocycles. The molecule has 94 valence electrons. The highest BCUT2D eigenvalue weighted by Crippen LogP contribution is 2.29. The van der Waals surface area contributed by atoms with Crippen LogP contribution in [0.15, 0.2) is 39.2 Å². The number of furan rings is 1. The van der Waals surface area contributed by atoms with E-state index >= 15 is 0 Å². The number of carboxylic acids is 1. The maximum absolute atomic E-state index is 13.7. The van der Waals surface area contributed by atoms with E-state index in [1.54, 1.807) is 6.07 Å². The minimum atomic E-state index is -1.35. The molecular weight excluding hydrogens is 307 g/mol. The van der Waals surface area contributed by atoms with Gasteiger partial charge in [-0.05, 0) is 34.1 Å². The lowest BCUT2D eigenvalue weighted by molar-refractivity contribution is 0.0655. The maximum Gasteiger partial charge on any atom is 0.371 e. The van der Waals surface area contributed by atoms with Gasteiger partial charge in [0.2, 0.25) is 5.76 Å². The van der Waals surface area contributed by atoms with Crippen LogP contribution in [-0.4, -0.2) is 16.2 Å². The topological polar surface area (TPSA) is 70.7 Å². The minimum Gasteiger partial charge on any atom is -0.475 e. The number of halogens is 2. The third-order valence-electron chi connectivity index (χ3n) is 2.38. The summed E-state index contributed by atoms with van der Waals surface area (Å²) in [6.45, 7) is 0. The van der Waals surface area contributed by atoms with Crippen molar-refractivity contribution in [2.75, 3.05) is 0 Å². The molecular formula is C12H8BrFO4. The van der Waals surface area contributed by atoms with Gasteiger partial charge in [0.05, 0.1) is 4.47 Å². The van der Waals surface area contributed by atoms with Crippen molar-refractivity contribution >= 4 is 21.9 Å². The first-order valence-electron chi connectivity index (χ1n) is 4.95. The highest BCUT2D eigenvalue weighted by molar-refractivity contribution is 9.10. The second-order valence-electron chi connectivity index (χ2n) is 3.55. The molecule has 0 saturated heterocycles. The molecule has 4 nitrogen and oxygen atoms in total. The van der Waals surface area contributed by atoms with Crippen LogP contribution in [0.4, 0.5) is 4.39 Å². The van der Waals surface area contributed by atoms with E-state index in [2.05, 4.69) is 15.9 Å². The van der Waals surface area contributed by atoms with E-state index in [0.717, 1.165) is 0 Å². The van der Waals surface area contributed by atoms with Gasteiger partial charge in [-0.15, -0.1) is 0 Å². The summed E-state index contributed by atoms with van der Waals surface area (Å²) in [5, 5.41) is 18.6. The number of carbonyl (C=O) groups is 1. The average Bonchev–Trinajstić information content (AvgIpc) is 2.81. The predicted molar refractivity (Wildman–Crippen MR) is 63.8 cm³/mol. The number of hydrogen-bond donors (Lipinski definition) is 2. The standard InChI is InChI=1S/C12H8BrFO4/c13-7-3-1-2-6(10(7)14)11(15)8-4-5-9(18-8)12(16)17/h1-5,11,15H,(H,16,17). The normalized spacial score (nSPS) is 12.4. The molecule has 1 unspecified atom stereocenters. The van der Waals surface area contributed by atoms with Crippen LogP contribution in [0.5, 0.6) is 0 Å². The Morgan fingerprint density at radius 1 is 1.33 bits per heavy atom. The van der Waals surface area contributed by atoms with Gasteiger partial charge >= 0.3 is 5.97 Å². The number of hydrogen-bond acceptors (Lipinski definition) is 3. The first-order valence-corrected chi connectivity index (χ1v) is 5.75. The Balaban J connectivity index is 2.38. The van der Waals surface area contributed by atoms with Gasteiger partial charge in [-0.3, -0.25) is 0 Å². The average molecular weight is 315 g/mol. The second-order valence-corrected chi connectivity index (χ2v) is 4.41. The molecule has 0 spiro atoms. The maximum atomic E-state index is 13.7. The third kappa shape index (κ3) is 2.30. The first kappa shape index (κ1) is 12.8. The molecule has 0 aliphatic carbocycles. The molecule has 1 aromatic heterocycles. The summed E-state index contributed by atoms with van der Waals surface area (Å²) in [6, 6.07) is 6.96. The van der Waals surface area contributed by atoms with Crippen molar-refractivity contribution in [3.63, 3.8) is 0 Å². The molecule has 0 bridgehead atoms. The molecule has 2 N–H and O–H groups in total. The van der Waals surface area contributed by atoms with Crippen molar-refractivity contribution in [3.05, 3.63) is 57.7 Å². The molecule has 1 aromatic carbocycles. The molecule has 2 rings (SSSR count). The second kappa shape index (κ2) is 4.91. The van der Waals surface area contributed by atoms with E-state index in [-0.39, 0.29) is 21.6 Å². The van der Waals surface area contributed by atoms with Crippen molar-refractivity contribution in [3.8, 4) is 0 Å². The van der Waals surface area contributed by atoms with Gasteiger partial charge in [-0.25, -0.2) is 9.18 Å². The van der Waals surface area contributed by atoms with Gasteiger partial charge in [0.15, 0.2) is 0 Å². The molecule has 0 amide bonds. The third-order valence-corrected chi connectivity index (χ3v) is 3.00. The lowest BCUT2D eigenvalue weighted by Gasteiger charge is -2.10. The summed E-state index contributed by atoms with van der Waals surface area (Å²) in [6.07, 6.45) is -1.35. The first-order chi connectivity index (χ1) is 8.50. The highest BCUT2D eigenvalue weighted by Gasteiger charge is 2.21. The zero-order valence-electron chi connectivity index (χ0n) is 8.93. The van der Waals surface area contributed by atoms with E-state index in [9.17, 15) is 14.3 Å². The fraction of sp³-hybridized carbons (Fsp3) is 0.0833. The Morgan fingerprint density at radius 2 is 2.06 bits per heavy atom. The summed E-state index contributed by atoms with van der Waals surface area (Å²) in [5.41, 5.74) is 0.00987. The molecule has 0 saturated carbocycles. The number of rotatable bonds is 3. The van der Waals surface area contributed by atoms with Gasteiger partial charge in [0, 0.05) is 5.56 Å². The van der Waals surface area contributed by atoms with Crippen LogP contribution >= 0.6 is 15.9 Å². The largest absolute Gasteiger partial charge is 0.475 e. The van der Waals surface area contributed by atoms with Crippen LogP contribution in [-0.2, 0) is 0 Å². The zero-order valence-corrected chi connectivity index (χ0v) is 10.5. The summed E-state index contributed by atoms with van der Waals surface area (Å²) < 4.78 is 18.9. The molecule has 0 aliphatic rings.